The van der Waals surface area contributed by atoms with E-state index in [1.165, 1.54) is 0 Å². The fourth-order valence-corrected chi connectivity index (χ4v) is 4.01. The van der Waals surface area contributed by atoms with Crippen molar-refractivity contribution in [2.45, 2.75) is 18.9 Å². The van der Waals surface area contributed by atoms with Crippen molar-refractivity contribution in [1.29, 1.82) is 0 Å². The first-order valence-electron chi connectivity index (χ1n) is 8.90. The van der Waals surface area contributed by atoms with Gasteiger partial charge in [-0.25, -0.2) is 0 Å². The van der Waals surface area contributed by atoms with E-state index >= 15 is 0 Å². The van der Waals surface area contributed by atoms with Crippen LogP contribution in [0.4, 0.5) is 5.69 Å². The van der Waals surface area contributed by atoms with E-state index in [4.69, 9.17) is 4.42 Å². The number of piperazine rings is 1. The lowest BCUT2D eigenvalue weighted by Gasteiger charge is -2.46. The Morgan fingerprint density at radius 3 is 2.62 bits per heavy atom. The molecule has 2 amide bonds. The van der Waals surface area contributed by atoms with E-state index in [1.54, 1.807) is 6.26 Å². The molecule has 0 aliphatic carbocycles. The van der Waals surface area contributed by atoms with Gasteiger partial charge in [0, 0.05) is 30.9 Å². The average molecular weight is 353 g/mol. The van der Waals surface area contributed by atoms with Crippen LogP contribution in [0, 0.1) is 6.92 Å². The van der Waals surface area contributed by atoms with E-state index in [2.05, 4.69) is 4.90 Å². The topological polar surface area (TPSA) is 57.0 Å². The van der Waals surface area contributed by atoms with Gasteiger partial charge in [-0.05, 0) is 38.6 Å². The minimum Gasteiger partial charge on any atom is -0.459 e. The molecular weight excluding hydrogens is 330 g/mol. The first-order valence-corrected chi connectivity index (χ1v) is 8.90. The zero-order valence-electron chi connectivity index (χ0n) is 15.1. The number of nitrogens with zero attached hydrogens (tertiary/aromatic N) is 3. The van der Waals surface area contributed by atoms with Gasteiger partial charge in [-0.15, -0.1) is 0 Å². The molecule has 0 radical (unpaired) electrons. The molecule has 3 heterocycles. The molecule has 6 nitrogen and oxygen atoms in total. The van der Waals surface area contributed by atoms with Gasteiger partial charge in [0.2, 0.25) is 5.91 Å². The molecule has 136 valence electrons. The molecule has 0 saturated carbocycles. The second-order valence-corrected chi connectivity index (χ2v) is 7.31. The molecule has 1 aromatic heterocycles. The number of hydrogen-bond acceptors (Lipinski definition) is 4. The van der Waals surface area contributed by atoms with Crippen molar-refractivity contribution in [1.82, 2.24) is 9.80 Å². The van der Waals surface area contributed by atoms with Gasteiger partial charge in [0.25, 0.3) is 5.91 Å². The summed E-state index contributed by atoms with van der Waals surface area (Å²) in [5.74, 6) is 0.438. The summed E-state index contributed by atoms with van der Waals surface area (Å²) in [6.07, 6.45) is 2.39. The summed E-state index contributed by atoms with van der Waals surface area (Å²) in [7, 11) is 1.98. The monoisotopic (exact) mass is 353 g/mol. The van der Waals surface area contributed by atoms with E-state index in [0.29, 0.717) is 31.9 Å². The molecule has 2 aromatic rings. The molecule has 1 spiro atoms. The van der Waals surface area contributed by atoms with Gasteiger partial charge in [0.15, 0.2) is 5.76 Å². The number of para-hydroxylation sites is 1. The highest BCUT2D eigenvalue weighted by atomic mass is 16.3. The standard InChI is InChI=1S/C20H23N3O3/c1-15-8-11-26-18(15)19(25)22-10-9-20(13-22)14-23(17(24)12-21(20)2)16-6-4-3-5-7-16/h3-8,11H,9-10,12-14H2,1-2H3. The van der Waals surface area contributed by atoms with Gasteiger partial charge >= 0.3 is 0 Å². The van der Waals surface area contributed by atoms with Crippen molar-refractivity contribution in [3.63, 3.8) is 0 Å². The van der Waals surface area contributed by atoms with Crippen molar-refractivity contribution in [2.24, 2.45) is 0 Å². The number of likely N-dealkylation sites (tertiary alicyclic amines) is 1. The van der Waals surface area contributed by atoms with Crippen LogP contribution >= 0.6 is 0 Å². The minimum absolute atomic E-state index is 0.0686. The fraction of sp³-hybridized carbons (Fsp3) is 0.400. The Morgan fingerprint density at radius 2 is 1.92 bits per heavy atom. The molecule has 6 heteroatoms. The number of aryl methyl sites for hydroxylation is 1. The average Bonchev–Trinajstić information content (AvgIpc) is 3.26. The summed E-state index contributed by atoms with van der Waals surface area (Å²) in [5.41, 5.74) is 1.55. The molecule has 0 bridgehead atoms. The van der Waals surface area contributed by atoms with Gasteiger partial charge in [-0.2, -0.15) is 0 Å². The lowest BCUT2D eigenvalue weighted by Crippen LogP contribution is -2.64. The zero-order valence-corrected chi connectivity index (χ0v) is 15.1. The number of carbonyl (C=O) groups excluding carboxylic acids is 2. The maximum absolute atomic E-state index is 12.8. The number of likely N-dealkylation sites (N-methyl/N-ethyl adjacent to an activating group) is 1. The van der Waals surface area contributed by atoms with Crippen LogP contribution in [-0.2, 0) is 4.79 Å². The lowest BCUT2D eigenvalue weighted by atomic mass is 9.92. The van der Waals surface area contributed by atoms with Crippen molar-refractivity contribution in [3.8, 4) is 0 Å². The predicted molar refractivity (Wildman–Crippen MR) is 98.1 cm³/mol. The Labute approximate surface area is 153 Å². The Kier molecular flexibility index (Phi) is 4.07. The van der Waals surface area contributed by atoms with E-state index < -0.39 is 0 Å². The van der Waals surface area contributed by atoms with Crippen molar-refractivity contribution in [2.75, 3.05) is 38.1 Å². The third-order valence-corrected chi connectivity index (χ3v) is 5.68. The molecule has 4 rings (SSSR count). The summed E-state index contributed by atoms with van der Waals surface area (Å²) in [4.78, 5) is 31.2. The van der Waals surface area contributed by atoms with Crippen LogP contribution in [0.2, 0.25) is 0 Å². The van der Waals surface area contributed by atoms with Crippen molar-refractivity contribution >= 4 is 17.5 Å². The molecule has 1 atom stereocenters. The van der Waals surface area contributed by atoms with Crippen LogP contribution in [-0.4, -0.2) is 60.4 Å². The zero-order chi connectivity index (χ0) is 18.3. The van der Waals surface area contributed by atoms with Crippen LogP contribution < -0.4 is 4.90 Å². The number of benzene rings is 1. The highest BCUT2D eigenvalue weighted by Crippen LogP contribution is 2.34. The normalized spacial score (nSPS) is 23.8. The predicted octanol–water partition coefficient (Wildman–Crippen LogP) is 2.15. The van der Waals surface area contributed by atoms with Crippen LogP contribution in [0.15, 0.2) is 47.1 Å². The first kappa shape index (κ1) is 16.8. The Hall–Kier alpha value is -2.60. The second kappa shape index (κ2) is 6.29. The smallest absolute Gasteiger partial charge is 0.289 e. The summed E-state index contributed by atoms with van der Waals surface area (Å²) >= 11 is 0. The number of carbonyl (C=O) groups is 2. The van der Waals surface area contributed by atoms with Gasteiger partial charge < -0.3 is 14.2 Å². The van der Waals surface area contributed by atoms with Crippen molar-refractivity contribution in [3.05, 3.63) is 54.0 Å². The molecule has 2 aliphatic rings. The molecule has 0 N–H and O–H groups in total. The maximum atomic E-state index is 12.8. The van der Waals surface area contributed by atoms with Gasteiger partial charge in [0.05, 0.1) is 18.3 Å². The Balaban J connectivity index is 1.57. The number of anilines is 1. The van der Waals surface area contributed by atoms with E-state index in [-0.39, 0.29) is 17.4 Å². The Morgan fingerprint density at radius 1 is 1.15 bits per heavy atom. The number of furan rings is 1. The van der Waals surface area contributed by atoms with Crippen LogP contribution in [0.25, 0.3) is 0 Å². The summed E-state index contributed by atoms with van der Waals surface area (Å²) in [6.45, 7) is 4.09. The van der Waals surface area contributed by atoms with E-state index in [0.717, 1.165) is 17.7 Å². The first-order chi connectivity index (χ1) is 12.5. The molecule has 2 aliphatic heterocycles. The summed E-state index contributed by atoms with van der Waals surface area (Å²) < 4.78 is 5.38. The van der Waals surface area contributed by atoms with Crippen molar-refractivity contribution < 1.29 is 14.0 Å². The number of hydrogen-bond donors (Lipinski definition) is 0. The van der Waals surface area contributed by atoms with E-state index in [9.17, 15) is 9.59 Å². The number of amides is 2. The second-order valence-electron chi connectivity index (χ2n) is 7.31. The Bertz CT molecular complexity index is 832. The largest absolute Gasteiger partial charge is 0.459 e. The molecule has 2 saturated heterocycles. The number of rotatable bonds is 2. The highest BCUT2D eigenvalue weighted by Gasteiger charge is 2.49. The molecule has 2 fully saturated rings. The highest BCUT2D eigenvalue weighted by molar-refractivity contribution is 5.96. The SMILES string of the molecule is Cc1ccoc1C(=O)N1CCC2(C1)CN(c1ccccc1)C(=O)CN2C. The van der Waals surface area contributed by atoms with E-state index in [1.807, 2.05) is 60.2 Å². The summed E-state index contributed by atoms with van der Waals surface area (Å²) in [6, 6.07) is 11.6. The van der Waals surface area contributed by atoms with Gasteiger partial charge in [-0.1, -0.05) is 18.2 Å². The molecule has 26 heavy (non-hydrogen) atoms. The fourth-order valence-electron chi connectivity index (χ4n) is 4.01. The quantitative estimate of drug-likeness (QED) is 0.830. The lowest BCUT2D eigenvalue weighted by molar-refractivity contribution is -0.123. The third-order valence-electron chi connectivity index (χ3n) is 5.68. The molecule has 1 aromatic carbocycles. The molecular formula is C20H23N3O3. The van der Waals surface area contributed by atoms with Crippen LogP contribution in [0.1, 0.15) is 22.5 Å². The van der Waals surface area contributed by atoms with Crippen LogP contribution in [0.5, 0.6) is 0 Å². The van der Waals surface area contributed by atoms with Gasteiger partial charge in [-0.3, -0.25) is 14.5 Å². The van der Waals surface area contributed by atoms with Crippen LogP contribution in [0.3, 0.4) is 0 Å². The van der Waals surface area contributed by atoms with Gasteiger partial charge in [0.1, 0.15) is 0 Å². The molecule has 1 unspecified atom stereocenters. The summed E-state index contributed by atoms with van der Waals surface area (Å²) in [5, 5.41) is 0. The third kappa shape index (κ3) is 2.70. The minimum atomic E-state index is -0.222. The maximum Gasteiger partial charge on any atom is 0.289 e.